The van der Waals surface area contributed by atoms with Crippen molar-refractivity contribution in [1.29, 1.82) is 0 Å². The van der Waals surface area contributed by atoms with Gasteiger partial charge in [-0.15, -0.1) is 0 Å². The highest BCUT2D eigenvalue weighted by Gasteiger charge is 2.20. The van der Waals surface area contributed by atoms with Gasteiger partial charge in [-0.3, -0.25) is 9.69 Å². The molecular formula is C18H24ClN5O2. The summed E-state index contributed by atoms with van der Waals surface area (Å²) in [5.41, 5.74) is 1.53. The number of ether oxygens (including phenoxy) is 1. The summed E-state index contributed by atoms with van der Waals surface area (Å²) in [6.07, 6.45) is 1.67. The van der Waals surface area contributed by atoms with Crippen molar-refractivity contribution in [2.45, 2.75) is 0 Å². The molecule has 1 aromatic heterocycles. The molecule has 0 aliphatic carbocycles. The molecule has 8 heteroatoms. The van der Waals surface area contributed by atoms with E-state index in [9.17, 15) is 4.79 Å². The zero-order chi connectivity index (χ0) is 18.5. The van der Waals surface area contributed by atoms with E-state index in [-0.39, 0.29) is 10.6 Å². The Labute approximate surface area is 158 Å². The molecule has 26 heavy (non-hydrogen) atoms. The molecule has 3 rings (SSSR count). The third-order valence-corrected chi connectivity index (χ3v) is 4.95. The number of halogens is 1. The third-order valence-electron chi connectivity index (χ3n) is 4.60. The topological polar surface area (TPSA) is 62.6 Å². The zero-order valence-electron chi connectivity index (χ0n) is 15.1. The predicted molar refractivity (Wildman–Crippen MR) is 105 cm³/mol. The van der Waals surface area contributed by atoms with Crippen molar-refractivity contribution in [3.63, 3.8) is 0 Å². The summed E-state index contributed by atoms with van der Waals surface area (Å²) in [5, 5.41) is 7.74. The molecular weight excluding hydrogens is 354 g/mol. The van der Waals surface area contributed by atoms with Gasteiger partial charge in [0.2, 0.25) is 0 Å². The fourth-order valence-corrected chi connectivity index (χ4v) is 3.32. The van der Waals surface area contributed by atoms with Gasteiger partial charge in [0.1, 0.15) is 10.8 Å². The van der Waals surface area contributed by atoms with E-state index >= 15 is 0 Å². The van der Waals surface area contributed by atoms with Gasteiger partial charge in [0.05, 0.1) is 19.0 Å². The first-order valence-corrected chi connectivity index (χ1v) is 9.03. The number of piperazine rings is 1. The Bertz CT molecular complexity index is 802. The highest BCUT2D eigenvalue weighted by Crippen LogP contribution is 2.22. The molecule has 0 unspecified atom stereocenters. The Hall–Kier alpha value is -2.25. The summed E-state index contributed by atoms with van der Waals surface area (Å²) in [5.74, 6) is 0.850. The molecule has 1 aliphatic rings. The van der Waals surface area contributed by atoms with Gasteiger partial charge in [-0.05, 0) is 12.1 Å². The van der Waals surface area contributed by atoms with Crippen LogP contribution in [0.1, 0.15) is 0 Å². The average molecular weight is 378 g/mol. The predicted octanol–water partition coefficient (Wildman–Crippen LogP) is 1.68. The minimum absolute atomic E-state index is 0.246. The second-order valence-electron chi connectivity index (χ2n) is 6.26. The van der Waals surface area contributed by atoms with Crippen molar-refractivity contribution in [3.8, 4) is 5.75 Å². The van der Waals surface area contributed by atoms with Gasteiger partial charge in [-0.25, -0.2) is 4.68 Å². The minimum Gasteiger partial charge on any atom is -0.497 e. The van der Waals surface area contributed by atoms with Crippen molar-refractivity contribution >= 4 is 23.0 Å². The second-order valence-corrected chi connectivity index (χ2v) is 6.64. The quantitative estimate of drug-likeness (QED) is 0.826. The first-order chi connectivity index (χ1) is 12.6. The summed E-state index contributed by atoms with van der Waals surface area (Å²) >= 11 is 6.20. The van der Waals surface area contributed by atoms with Crippen LogP contribution >= 0.6 is 11.6 Å². The lowest BCUT2D eigenvalue weighted by Gasteiger charge is -2.36. The average Bonchev–Trinajstić information content (AvgIpc) is 2.67. The maximum Gasteiger partial charge on any atom is 0.287 e. The molecule has 2 heterocycles. The summed E-state index contributed by atoms with van der Waals surface area (Å²) in [7, 11) is 3.27. The van der Waals surface area contributed by atoms with Crippen LogP contribution in [0.15, 0.2) is 35.3 Å². The van der Waals surface area contributed by atoms with Gasteiger partial charge in [-0.1, -0.05) is 17.7 Å². The lowest BCUT2D eigenvalue weighted by molar-refractivity contribution is 0.267. The maximum atomic E-state index is 11.9. The second kappa shape index (κ2) is 8.42. The lowest BCUT2D eigenvalue weighted by Crippen LogP contribution is -2.48. The fraction of sp³-hybridized carbons (Fsp3) is 0.444. The summed E-state index contributed by atoms with van der Waals surface area (Å²) in [6, 6.07) is 7.93. The minimum atomic E-state index is -0.255. The molecule has 1 N–H and O–H groups in total. The largest absolute Gasteiger partial charge is 0.497 e. The number of aromatic nitrogens is 2. The van der Waals surface area contributed by atoms with Crippen LogP contribution in [0, 0.1) is 0 Å². The molecule has 1 fully saturated rings. The number of nitrogens with one attached hydrogen (secondary N) is 1. The SMILES string of the molecule is COc1cccc(NCCN2CCN(c3cnn(C)c(=O)c3Cl)CC2)c1. The number of rotatable bonds is 6. The number of anilines is 2. The number of benzene rings is 1. The van der Waals surface area contributed by atoms with E-state index < -0.39 is 0 Å². The Morgan fingerprint density at radius 2 is 2.04 bits per heavy atom. The van der Waals surface area contributed by atoms with E-state index in [0.29, 0.717) is 0 Å². The molecule has 0 atom stereocenters. The number of hydrogen-bond donors (Lipinski definition) is 1. The monoisotopic (exact) mass is 377 g/mol. The highest BCUT2D eigenvalue weighted by atomic mass is 35.5. The molecule has 7 nitrogen and oxygen atoms in total. The van der Waals surface area contributed by atoms with Crippen LogP contribution in [0.5, 0.6) is 5.75 Å². The molecule has 0 spiro atoms. The van der Waals surface area contributed by atoms with E-state index in [1.165, 1.54) is 4.68 Å². The number of methoxy groups -OCH3 is 1. The van der Waals surface area contributed by atoms with Gasteiger partial charge in [0.25, 0.3) is 5.56 Å². The molecule has 0 bridgehead atoms. The van der Waals surface area contributed by atoms with Crippen molar-refractivity contribution in [3.05, 3.63) is 45.8 Å². The Balaban J connectivity index is 1.48. The van der Waals surface area contributed by atoms with Crippen LogP contribution in [0.2, 0.25) is 5.02 Å². The van der Waals surface area contributed by atoms with Crippen molar-refractivity contribution < 1.29 is 4.74 Å². The van der Waals surface area contributed by atoms with Gasteiger partial charge in [-0.2, -0.15) is 5.10 Å². The Morgan fingerprint density at radius 3 is 2.77 bits per heavy atom. The maximum absolute atomic E-state index is 11.9. The molecule has 1 saturated heterocycles. The lowest BCUT2D eigenvalue weighted by atomic mass is 10.2. The highest BCUT2D eigenvalue weighted by molar-refractivity contribution is 6.33. The molecule has 1 aliphatic heterocycles. The first kappa shape index (κ1) is 18.5. The van der Waals surface area contributed by atoms with E-state index in [0.717, 1.165) is 56.4 Å². The first-order valence-electron chi connectivity index (χ1n) is 8.65. The smallest absolute Gasteiger partial charge is 0.287 e. The molecule has 1 aromatic carbocycles. The Morgan fingerprint density at radius 1 is 1.27 bits per heavy atom. The van der Waals surface area contributed by atoms with E-state index in [1.807, 2.05) is 24.3 Å². The van der Waals surface area contributed by atoms with Crippen LogP contribution in [0.4, 0.5) is 11.4 Å². The van der Waals surface area contributed by atoms with Crippen LogP contribution in [-0.2, 0) is 7.05 Å². The summed E-state index contributed by atoms with van der Waals surface area (Å²) in [4.78, 5) is 16.5. The van der Waals surface area contributed by atoms with E-state index in [2.05, 4.69) is 20.2 Å². The van der Waals surface area contributed by atoms with Crippen molar-refractivity contribution in [1.82, 2.24) is 14.7 Å². The number of hydrogen-bond acceptors (Lipinski definition) is 6. The summed E-state index contributed by atoms with van der Waals surface area (Å²) < 4.78 is 6.49. The van der Waals surface area contributed by atoms with Gasteiger partial charge < -0.3 is 15.0 Å². The van der Waals surface area contributed by atoms with Crippen LogP contribution in [-0.4, -0.2) is 61.1 Å². The zero-order valence-corrected chi connectivity index (χ0v) is 15.9. The van der Waals surface area contributed by atoms with Gasteiger partial charge in [0.15, 0.2) is 0 Å². The molecule has 0 radical (unpaired) electrons. The Kier molecular flexibility index (Phi) is 6.00. The van der Waals surface area contributed by atoms with Gasteiger partial charge >= 0.3 is 0 Å². The van der Waals surface area contributed by atoms with Gasteiger partial charge in [0, 0.05) is 58.1 Å². The number of nitrogens with zero attached hydrogens (tertiary/aromatic N) is 4. The molecule has 140 valence electrons. The van der Waals surface area contributed by atoms with E-state index in [1.54, 1.807) is 20.4 Å². The molecule has 0 amide bonds. The standard InChI is InChI=1S/C18H24ClN5O2/c1-22-18(25)17(19)16(13-21-22)24-10-8-23(9-11-24)7-6-20-14-4-3-5-15(12-14)26-2/h3-5,12-13,20H,6-11H2,1-2H3. The normalized spacial score (nSPS) is 15.1. The summed E-state index contributed by atoms with van der Waals surface area (Å²) in [6.45, 7) is 5.31. The third kappa shape index (κ3) is 4.28. The molecule has 0 saturated carbocycles. The fourth-order valence-electron chi connectivity index (χ4n) is 3.03. The molecule has 2 aromatic rings. The van der Waals surface area contributed by atoms with E-state index in [4.69, 9.17) is 16.3 Å². The van der Waals surface area contributed by atoms with Crippen molar-refractivity contribution in [2.24, 2.45) is 7.05 Å². The van der Waals surface area contributed by atoms with Crippen molar-refractivity contribution in [2.75, 3.05) is 56.6 Å². The van der Waals surface area contributed by atoms with Crippen LogP contribution < -0.4 is 20.5 Å². The van der Waals surface area contributed by atoms with Crippen LogP contribution in [0.3, 0.4) is 0 Å². The van der Waals surface area contributed by atoms with Crippen LogP contribution in [0.25, 0.3) is 0 Å². The number of aryl methyl sites for hydroxylation is 1.